The van der Waals surface area contributed by atoms with Crippen LogP contribution in [0.4, 0.5) is 0 Å². The first-order valence-corrected chi connectivity index (χ1v) is 10.2. The number of hydrogen-bond donors (Lipinski definition) is 1. The van der Waals surface area contributed by atoms with Gasteiger partial charge in [-0.25, -0.2) is 9.97 Å². The first-order chi connectivity index (χ1) is 15.7. The predicted octanol–water partition coefficient (Wildman–Crippen LogP) is 3.71. The van der Waals surface area contributed by atoms with Crippen LogP contribution < -0.4 is 16.0 Å². The van der Waals surface area contributed by atoms with Crippen LogP contribution in [0.5, 0.6) is 5.75 Å². The molecule has 0 aliphatic rings. The summed E-state index contributed by atoms with van der Waals surface area (Å²) in [6, 6.07) is 23.3. The molecule has 0 fully saturated rings. The molecular formula is C25H21N5O2. The molecule has 0 saturated heterocycles. The molecule has 0 aliphatic carbocycles. The van der Waals surface area contributed by atoms with Crippen LogP contribution in [0.15, 0.2) is 90.2 Å². The van der Waals surface area contributed by atoms with Crippen LogP contribution in [0.3, 0.4) is 0 Å². The summed E-state index contributed by atoms with van der Waals surface area (Å²) >= 11 is 0. The summed E-state index contributed by atoms with van der Waals surface area (Å²) in [7, 11) is 1.62. The third-order valence-electron chi connectivity index (χ3n) is 5.51. The lowest BCUT2D eigenvalue weighted by molar-refractivity contribution is 0.415. The molecule has 2 aromatic heterocycles. The molecule has 0 spiro atoms. The smallest absolute Gasteiger partial charge is 0.284 e. The highest BCUT2D eigenvalue weighted by atomic mass is 16.5. The first-order valence-electron chi connectivity index (χ1n) is 10.2. The van der Waals surface area contributed by atoms with E-state index in [9.17, 15) is 4.79 Å². The molecule has 0 atom stereocenters. The van der Waals surface area contributed by atoms with Gasteiger partial charge in [0.25, 0.3) is 5.56 Å². The number of aromatic nitrogens is 4. The normalized spacial score (nSPS) is 11.1. The largest absolute Gasteiger partial charge is 0.497 e. The Morgan fingerprint density at radius 3 is 2.16 bits per heavy atom. The third-order valence-corrected chi connectivity index (χ3v) is 5.51. The van der Waals surface area contributed by atoms with Crippen LogP contribution in [0.2, 0.25) is 0 Å². The zero-order chi connectivity index (χ0) is 22.1. The second-order valence-corrected chi connectivity index (χ2v) is 7.31. The molecule has 5 aromatic rings. The van der Waals surface area contributed by atoms with Crippen molar-refractivity contribution in [1.29, 1.82) is 0 Å². The maximum atomic E-state index is 13.4. The molecule has 158 valence electrons. The molecule has 0 aliphatic heterocycles. The van der Waals surface area contributed by atoms with Gasteiger partial charge >= 0.3 is 0 Å². The van der Waals surface area contributed by atoms with Crippen molar-refractivity contribution in [3.05, 3.63) is 101 Å². The van der Waals surface area contributed by atoms with E-state index in [1.54, 1.807) is 18.0 Å². The van der Waals surface area contributed by atoms with Gasteiger partial charge in [-0.2, -0.15) is 0 Å². The van der Waals surface area contributed by atoms with Crippen molar-refractivity contribution in [3.8, 4) is 28.3 Å². The Kier molecular flexibility index (Phi) is 5.01. The summed E-state index contributed by atoms with van der Waals surface area (Å²) in [6.07, 6.45) is 3.12. The van der Waals surface area contributed by atoms with E-state index in [0.29, 0.717) is 17.7 Å². The molecule has 7 heteroatoms. The Morgan fingerprint density at radius 2 is 1.47 bits per heavy atom. The number of benzene rings is 3. The average Bonchev–Trinajstić information content (AvgIpc) is 3.29. The van der Waals surface area contributed by atoms with E-state index < -0.39 is 0 Å². The Balaban J connectivity index is 1.57. The van der Waals surface area contributed by atoms with Crippen molar-refractivity contribution in [2.75, 3.05) is 7.11 Å². The van der Waals surface area contributed by atoms with Gasteiger partial charge in [0.2, 0.25) is 0 Å². The van der Waals surface area contributed by atoms with Gasteiger partial charge in [0.1, 0.15) is 18.4 Å². The van der Waals surface area contributed by atoms with Gasteiger partial charge in [-0.15, -0.1) is 0 Å². The number of rotatable bonds is 5. The van der Waals surface area contributed by atoms with Crippen molar-refractivity contribution in [2.45, 2.75) is 6.54 Å². The second kappa shape index (κ2) is 8.13. The number of ether oxygens (including phenoxy) is 1. The minimum absolute atomic E-state index is 0.196. The van der Waals surface area contributed by atoms with Crippen molar-refractivity contribution in [1.82, 2.24) is 19.1 Å². The Hall–Kier alpha value is -4.23. The lowest BCUT2D eigenvalue weighted by Gasteiger charge is -2.10. The van der Waals surface area contributed by atoms with Gasteiger partial charge in [0, 0.05) is 12.2 Å². The maximum absolute atomic E-state index is 13.4. The molecule has 0 bridgehead atoms. The molecule has 0 radical (unpaired) electrons. The van der Waals surface area contributed by atoms with Crippen molar-refractivity contribution < 1.29 is 4.74 Å². The summed E-state index contributed by atoms with van der Waals surface area (Å²) < 4.78 is 8.49. The van der Waals surface area contributed by atoms with Gasteiger partial charge in [-0.1, -0.05) is 36.4 Å². The van der Waals surface area contributed by atoms with Gasteiger partial charge in [-0.05, 0) is 53.1 Å². The monoisotopic (exact) mass is 423 g/mol. The first kappa shape index (κ1) is 19.7. The topological polar surface area (TPSA) is 88.0 Å². The minimum atomic E-state index is -0.196. The zero-order valence-electron chi connectivity index (χ0n) is 17.5. The Morgan fingerprint density at radius 1 is 0.844 bits per heavy atom. The molecule has 3 aromatic carbocycles. The van der Waals surface area contributed by atoms with Gasteiger partial charge in [-0.3, -0.25) is 13.9 Å². The number of imidazole rings is 1. The standard InChI is InChI=1S/C25H21N5O2/c1-32-21-12-10-19(11-13-21)29-15-27-24-23(29)25(31)30(16-28-24)20-8-6-17(7-9-20)22-5-3-2-4-18(22)14-26/h2-13,15-16H,14,26H2,1H3. The summed E-state index contributed by atoms with van der Waals surface area (Å²) in [6.45, 7) is 0.466. The van der Waals surface area contributed by atoms with E-state index in [1.807, 2.05) is 72.8 Å². The van der Waals surface area contributed by atoms with Crippen LogP contribution >= 0.6 is 0 Å². The summed E-state index contributed by atoms with van der Waals surface area (Å²) in [5.74, 6) is 0.741. The fourth-order valence-corrected chi connectivity index (χ4v) is 3.82. The van der Waals surface area contributed by atoms with Gasteiger partial charge in [0.15, 0.2) is 11.2 Å². The third kappa shape index (κ3) is 3.34. The molecular weight excluding hydrogens is 402 g/mol. The van der Waals surface area contributed by atoms with Crippen LogP contribution in [-0.2, 0) is 6.54 Å². The van der Waals surface area contributed by atoms with Crippen molar-refractivity contribution in [3.63, 3.8) is 0 Å². The molecule has 0 unspecified atom stereocenters. The minimum Gasteiger partial charge on any atom is -0.497 e. The van der Waals surface area contributed by atoms with Crippen LogP contribution in [0, 0.1) is 0 Å². The molecule has 32 heavy (non-hydrogen) atoms. The lowest BCUT2D eigenvalue weighted by atomic mass is 9.99. The molecule has 0 amide bonds. The maximum Gasteiger partial charge on any atom is 0.284 e. The Bertz CT molecular complexity index is 1450. The van der Waals surface area contributed by atoms with Gasteiger partial charge in [0.05, 0.1) is 12.8 Å². The number of hydrogen-bond acceptors (Lipinski definition) is 5. The zero-order valence-corrected chi connectivity index (χ0v) is 17.5. The number of nitrogens with zero attached hydrogens (tertiary/aromatic N) is 4. The highest BCUT2D eigenvalue weighted by molar-refractivity contribution is 5.73. The molecule has 7 nitrogen and oxygen atoms in total. The lowest BCUT2D eigenvalue weighted by Crippen LogP contribution is -2.20. The predicted molar refractivity (Wildman–Crippen MR) is 124 cm³/mol. The average molecular weight is 423 g/mol. The fraction of sp³-hybridized carbons (Fsp3) is 0.0800. The SMILES string of the molecule is COc1ccc(-n2cnc3ncn(-c4ccc(-c5ccccc5CN)cc4)c(=O)c32)cc1. The number of methoxy groups -OCH3 is 1. The second-order valence-electron chi connectivity index (χ2n) is 7.31. The summed E-state index contributed by atoms with van der Waals surface area (Å²) in [5, 5.41) is 0. The van der Waals surface area contributed by atoms with E-state index in [-0.39, 0.29) is 5.56 Å². The quantitative estimate of drug-likeness (QED) is 0.466. The molecule has 2 heterocycles. The highest BCUT2D eigenvalue weighted by Gasteiger charge is 2.14. The van der Waals surface area contributed by atoms with Crippen LogP contribution in [0.25, 0.3) is 33.7 Å². The van der Waals surface area contributed by atoms with E-state index in [4.69, 9.17) is 10.5 Å². The Labute approximate surface area is 184 Å². The molecule has 0 saturated carbocycles. The van der Waals surface area contributed by atoms with E-state index >= 15 is 0 Å². The number of nitrogens with two attached hydrogens (primary N) is 1. The van der Waals surface area contributed by atoms with Gasteiger partial charge < -0.3 is 10.5 Å². The summed E-state index contributed by atoms with van der Waals surface area (Å²) in [5.41, 5.74) is 11.2. The highest BCUT2D eigenvalue weighted by Crippen LogP contribution is 2.25. The van der Waals surface area contributed by atoms with Crippen LogP contribution in [0.1, 0.15) is 5.56 Å². The van der Waals surface area contributed by atoms with E-state index in [2.05, 4.69) is 9.97 Å². The molecule has 2 N–H and O–H groups in total. The fourth-order valence-electron chi connectivity index (χ4n) is 3.82. The van der Waals surface area contributed by atoms with Crippen molar-refractivity contribution >= 4 is 11.2 Å². The van der Waals surface area contributed by atoms with Crippen molar-refractivity contribution in [2.24, 2.45) is 5.73 Å². The van der Waals surface area contributed by atoms with E-state index in [0.717, 1.165) is 33.8 Å². The van der Waals surface area contributed by atoms with E-state index in [1.165, 1.54) is 10.9 Å². The van der Waals surface area contributed by atoms with Crippen LogP contribution in [-0.4, -0.2) is 26.2 Å². The summed E-state index contributed by atoms with van der Waals surface area (Å²) in [4.78, 5) is 22.1. The molecule has 5 rings (SSSR count). The number of fused-ring (bicyclic) bond motifs is 1.